The number of rotatable bonds is 5. The minimum absolute atomic E-state index is 0.0607. The zero-order valence-corrected chi connectivity index (χ0v) is 10.6. The quantitative estimate of drug-likeness (QED) is 0.258. The van der Waals surface area contributed by atoms with Crippen LogP contribution in [-0.2, 0) is 9.59 Å². The van der Waals surface area contributed by atoms with Crippen LogP contribution in [0.15, 0.2) is 5.16 Å². The fourth-order valence-corrected chi connectivity index (χ4v) is 1.25. The van der Waals surface area contributed by atoms with E-state index in [1.54, 1.807) is 6.92 Å². The number of nitrogens with two attached hydrogens (primary N) is 1. The van der Waals surface area contributed by atoms with E-state index in [1.165, 1.54) is 25.8 Å². The Morgan fingerprint density at radius 1 is 1.47 bits per heavy atom. The Balaban J connectivity index is 4.66. The number of likely N-dealkylation sites (N-methyl/N-ethyl adjacent to an activating group) is 2. The summed E-state index contributed by atoms with van der Waals surface area (Å²) < 4.78 is 0. The highest BCUT2D eigenvalue weighted by Gasteiger charge is 2.35. The predicted molar refractivity (Wildman–Crippen MR) is 63.5 cm³/mol. The molecule has 0 radical (unpaired) electrons. The average Bonchev–Trinajstić information content (AvgIpc) is 2.26. The summed E-state index contributed by atoms with van der Waals surface area (Å²) in [7, 11) is 1.49. The van der Waals surface area contributed by atoms with Gasteiger partial charge in [0.25, 0.3) is 0 Å². The molecule has 7 nitrogen and oxygen atoms in total. The van der Waals surface area contributed by atoms with E-state index < -0.39 is 5.41 Å². The van der Waals surface area contributed by atoms with Gasteiger partial charge in [-0.2, -0.15) is 0 Å². The number of hydrogen-bond acceptors (Lipinski definition) is 4. The zero-order valence-electron chi connectivity index (χ0n) is 10.6. The highest BCUT2D eigenvalue weighted by molar-refractivity contribution is 6.06. The van der Waals surface area contributed by atoms with Crippen molar-refractivity contribution in [1.29, 1.82) is 0 Å². The number of amidine groups is 1. The van der Waals surface area contributed by atoms with Crippen molar-refractivity contribution >= 4 is 17.6 Å². The van der Waals surface area contributed by atoms with Gasteiger partial charge in [-0.05, 0) is 20.8 Å². The third kappa shape index (κ3) is 3.93. The van der Waals surface area contributed by atoms with Gasteiger partial charge >= 0.3 is 0 Å². The second kappa shape index (κ2) is 6.07. The number of oxime groups is 1. The molecule has 0 saturated carbocycles. The van der Waals surface area contributed by atoms with E-state index in [1.807, 2.05) is 0 Å². The van der Waals surface area contributed by atoms with Gasteiger partial charge in [0.1, 0.15) is 5.41 Å². The van der Waals surface area contributed by atoms with Crippen LogP contribution in [0, 0.1) is 5.41 Å². The summed E-state index contributed by atoms with van der Waals surface area (Å²) in [6, 6.07) is 0. The Morgan fingerprint density at radius 2 is 2.00 bits per heavy atom. The van der Waals surface area contributed by atoms with Crippen molar-refractivity contribution in [1.82, 2.24) is 10.2 Å². The third-order valence-corrected chi connectivity index (χ3v) is 2.38. The van der Waals surface area contributed by atoms with E-state index in [2.05, 4.69) is 10.5 Å². The Bertz CT molecular complexity index is 326. The number of carbonyl (C=O) groups excluding carboxylic acids is 2. The average molecular weight is 244 g/mol. The van der Waals surface area contributed by atoms with Gasteiger partial charge < -0.3 is 21.2 Å². The van der Waals surface area contributed by atoms with Crippen molar-refractivity contribution in [2.45, 2.75) is 20.8 Å². The summed E-state index contributed by atoms with van der Waals surface area (Å²) in [5.41, 5.74) is 4.29. The molecule has 4 N–H and O–H groups in total. The van der Waals surface area contributed by atoms with Crippen LogP contribution in [0.5, 0.6) is 0 Å². The van der Waals surface area contributed by atoms with Crippen molar-refractivity contribution in [3.05, 3.63) is 0 Å². The molecule has 0 spiro atoms. The molecule has 7 heteroatoms. The molecular formula is C10H20N4O3. The van der Waals surface area contributed by atoms with Gasteiger partial charge in [0, 0.05) is 13.6 Å². The fourth-order valence-electron chi connectivity index (χ4n) is 1.25. The highest BCUT2D eigenvalue weighted by atomic mass is 16.4. The van der Waals surface area contributed by atoms with Crippen molar-refractivity contribution in [3.63, 3.8) is 0 Å². The predicted octanol–water partition coefficient (Wildman–Crippen LogP) is -0.646. The Kier molecular flexibility index (Phi) is 5.43. The molecule has 0 rings (SSSR count). The standard InChI is InChI=1S/C10H20N4O3/c1-5-12-7(15)6-14(4)9(16)10(2,3)8(11)13-17/h17H,5-6H2,1-4H3,(H2,11,13)(H,12,15). The first-order valence-electron chi connectivity index (χ1n) is 5.27. The number of amides is 2. The van der Waals surface area contributed by atoms with E-state index in [4.69, 9.17) is 10.9 Å². The summed E-state index contributed by atoms with van der Waals surface area (Å²) in [6.45, 7) is 5.29. The molecule has 98 valence electrons. The maximum absolute atomic E-state index is 12.0. The summed E-state index contributed by atoms with van der Waals surface area (Å²) >= 11 is 0. The van der Waals surface area contributed by atoms with E-state index in [-0.39, 0.29) is 24.2 Å². The summed E-state index contributed by atoms with van der Waals surface area (Å²) in [6.07, 6.45) is 0. The van der Waals surface area contributed by atoms with Crippen LogP contribution in [0.1, 0.15) is 20.8 Å². The Morgan fingerprint density at radius 3 is 2.41 bits per heavy atom. The highest BCUT2D eigenvalue weighted by Crippen LogP contribution is 2.18. The molecule has 0 aliphatic rings. The second-order valence-corrected chi connectivity index (χ2v) is 4.22. The Labute approximate surface area is 101 Å². The largest absolute Gasteiger partial charge is 0.409 e. The first-order chi connectivity index (χ1) is 7.77. The maximum atomic E-state index is 12.0. The first-order valence-corrected chi connectivity index (χ1v) is 5.27. The third-order valence-electron chi connectivity index (χ3n) is 2.38. The van der Waals surface area contributed by atoms with E-state index in [0.717, 1.165) is 0 Å². The SMILES string of the molecule is CCNC(=O)CN(C)C(=O)C(C)(C)C(N)=NO. The van der Waals surface area contributed by atoms with Crippen LogP contribution in [-0.4, -0.2) is 47.9 Å². The molecule has 17 heavy (non-hydrogen) atoms. The summed E-state index contributed by atoms with van der Waals surface area (Å²) in [5.74, 6) is -0.831. The number of carbonyl (C=O) groups is 2. The molecule has 0 aliphatic carbocycles. The van der Waals surface area contributed by atoms with Gasteiger partial charge in [0.2, 0.25) is 11.8 Å². The number of hydrogen-bond donors (Lipinski definition) is 3. The summed E-state index contributed by atoms with van der Waals surface area (Å²) in [4.78, 5) is 24.5. The van der Waals surface area contributed by atoms with Gasteiger partial charge in [0.15, 0.2) is 5.84 Å². The molecule has 0 heterocycles. The lowest BCUT2D eigenvalue weighted by Crippen LogP contribution is -2.49. The van der Waals surface area contributed by atoms with Gasteiger partial charge in [0.05, 0.1) is 6.54 Å². The molecule has 0 saturated heterocycles. The van der Waals surface area contributed by atoms with E-state index >= 15 is 0 Å². The van der Waals surface area contributed by atoms with Crippen LogP contribution in [0.4, 0.5) is 0 Å². The smallest absolute Gasteiger partial charge is 0.239 e. The lowest BCUT2D eigenvalue weighted by Gasteiger charge is -2.27. The lowest BCUT2D eigenvalue weighted by molar-refractivity contribution is -0.139. The maximum Gasteiger partial charge on any atom is 0.239 e. The fraction of sp³-hybridized carbons (Fsp3) is 0.700. The van der Waals surface area contributed by atoms with Crippen molar-refractivity contribution in [2.24, 2.45) is 16.3 Å². The Hall–Kier alpha value is -1.79. The van der Waals surface area contributed by atoms with Crippen molar-refractivity contribution in [3.8, 4) is 0 Å². The monoisotopic (exact) mass is 244 g/mol. The molecule has 0 unspecified atom stereocenters. The van der Waals surface area contributed by atoms with E-state index in [9.17, 15) is 9.59 Å². The van der Waals surface area contributed by atoms with Crippen molar-refractivity contribution < 1.29 is 14.8 Å². The molecule has 2 amide bonds. The zero-order chi connectivity index (χ0) is 13.6. The van der Waals surface area contributed by atoms with Gasteiger partial charge in [-0.15, -0.1) is 0 Å². The van der Waals surface area contributed by atoms with Gasteiger partial charge in [-0.25, -0.2) is 0 Å². The molecule has 0 bridgehead atoms. The molecular weight excluding hydrogens is 224 g/mol. The normalized spacial score (nSPS) is 12.1. The van der Waals surface area contributed by atoms with Crippen LogP contribution in [0.3, 0.4) is 0 Å². The van der Waals surface area contributed by atoms with Crippen molar-refractivity contribution in [2.75, 3.05) is 20.1 Å². The molecule has 0 aliphatic heterocycles. The minimum atomic E-state index is -1.14. The van der Waals surface area contributed by atoms with E-state index in [0.29, 0.717) is 6.54 Å². The van der Waals surface area contributed by atoms with Crippen LogP contribution in [0.2, 0.25) is 0 Å². The van der Waals surface area contributed by atoms with Gasteiger partial charge in [-0.1, -0.05) is 5.16 Å². The number of nitrogens with zero attached hydrogens (tertiary/aromatic N) is 2. The first kappa shape index (κ1) is 15.2. The molecule has 0 fully saturated rings. The summed E-state index contributed by atoms with van der Waals surface area (Å²) in [5, 5.41) is 14.0. The molecule has 0 aromatic heterocycles. The van der Waals surface area contributed by atoms with Gasteiger partial charge in [-0.3, -0.25) is 9.59 Å². The van der Waals surface area contributed by atoms with Crippen LogP contribution in [0.25, 0.3) is 0 Å². The second-order valence-electron chi connectivity index (χ2n) is 4.22. The van der Waals surface area contributed by atoms with Crippen LogP contribution < -0.4 is 11.1 Å². The van der Waals surface area contributed by atoms with Crippen LogP contribution >= 0.6 is 0 Å². The minimum Gasteiger partial charge on any atom is -0.409 e. The molecule has 0 aromatic rings. The number of nitrogens with one attached hydrogen (secondary N) is 1. The molecule has 0 atom stereocenters. The topological polar surface area (TPSA) is 108 Å². The molecule has 0 aromatic carbocycles. The lowest BCUT2D eigenvalue weighted by atomic mass is 9.90.